The van der Waals surface area contributed by atoms with Crippen LogP contribution in [0.1, 0.15) is 20.8 Å². The lowest BCUT2D eigenvalue weighted by Crippen LogP contribution is -2.34. The van der Waals surface area contributed by atoms with Crippen LogP contribution < -0.4 is 0 Å². The molecule has 0 aromatic heterocycles. The van der Waals surface area contributed by atoms with E-state index < -0.39 is 0 Å². The molecular formula is C8H18BrN. The van der Waals surface area contributed by atoms with Gasteiger partial charge in [-0.3, -0.25) is 0 Å². The van der Waals surface area contributed by atoms with E-state index in [9.17, 15) is 0 Å². The van der Waals surface area contributed by atoms with Gasteiger partial charge in [-0.15, -0.1) is 0 Å². The molecule has 2 heteroatoms. The van der Waals surface area contributed by atoms with Crippen molar-refractivity contribution in [3.05, 3.63) is 0 Å². The number of halogens is 1. The van der Waals surface area contributed by atoms with Gasteiger partial charge in [0.15, 0.2) is 0 Å². The molecule has 0 saturated heterocycles. The van der Waals surface area contributed by atoms with Crippen molar-refractivity contribution in [1.82, 2.24) is 4.90 Å². The molecule has 0 spiro atoms. The number of hydrogen-bond acceptors (Lipinski definition) is 1. The first-order chi connectivity index (χ1) is 4.59. The molecule has 0 heterocycles. The summed E-state index contributed by atoms with van der Waals surface area (Å²) in [5.74, 6) is 0.754. The van der Waals surface area contributed by atoms with E-state index in [1.807, 2.05) is 0 Å². The van der Waals surface area contributed by atoms with Crippen molar-refractivity contribution in [2.24, 2.45) is 5.92 Å². The fraction of sp³-hybridized carbons (Fsp3) is 1.00. The minimum absolute atomic E-state index is 0.692. The third-order valence-electron chi connectivity index (χ3n) is 2.10. The lowest BCUT2D eigenvalue weighted by atomic mass is 10.1. The average Bonchev–Trinajstić information content (AvgIpc) is 1.87. The fourth-order valence-corrected chi connectivity index (χ4v) is 1.41. The van der Waals surface area contributed by atoms with Crippen LogP contribution >= 0.6 is 15.9 Å². The Balaban J connectivity index is 3.58. The molecule has 0 bridgehead atoms. The standard InChI is InChI=1S/C8H18BrN/c1-7(2)8(3)10(4)6-5-9/h7-8H,5-6H2,1-4H3. The normalized spacial score (nSPS) is 14.7. The van der Waals surface area contributed by atoms with E-state index in [2.05, 4.69) is 48.6 Å². The molecule has 0 amide bonds. The second-order valence-corrected chi connectivity index (χ2v) is 3.95. The van der Waals surface area contributed by atoms with Crippen LogP contribution in [0.3, 0.4) is 0 Å². The minimum atomic E-state index is 0.692. The molecule has 10 heavy (non-hydrogen) atoms. The van der Waals surface area contributed by atoms with Crippen molar-refractivity contribution in [1.29, 1.82) is 0 Å². The third-order valence-corrected chi connectivity index (χ3v) is 2.45. The molecule has 0 aliphatic carbocycles. The summed E-state index contributed by atoms with van der Waals surface area (Å²) in [4.78, 5) is 2.37. The highest BCUT2D eigenvalue weighted by Gasteiger charge is 2.11. The molecule has 1 atom stereocenters. The first-order valence-electron chi connectivity index (χ1n) is 3.85. The van der Waals surface area contributed by atoms with Crippen LogP contribution in [-0.2, 0) is 0 Å². The van der Waals surface area contributed by atoms with E-state index in [1.54, 1.807) is 0 Å². The van der Waals surface area contributed by atoms with Gasteiger partial charge >= 0.3 is 0 Å². The zero-order valence-electron chi connectivity index (χ0n) is 7.39. The van der Waals surface area contributed by atoms with Gasteiger partial charge < -0.3 is 4.90 Å². The predicted molar refractivity (Wildman–Crippen MR) is 50.7 cm³/mol. The number of alkyl halides is 1. The SMILES string of the molecule is CC(C)C(C)N(C)CCBr. The van der Waals surface area contributed by atoms with Crippen LogP contribution in [-0.4, -0.2) is 29.9 Å². The van der Waals surface area contributed by atoms with Crippen molar-refractivity contribution in [2.75, 3.05) is 18.9 Å². The topological polar surface area (TPSA) is 3.24 Å². The summed E-state index contributed by atoms with van der Waals surface area (Å²) in [7, 11) is 2.17. The average molecular weight is 208 g/mol. The van der Waals surface area contributed by atoms with E-state index in [1.165, 1.54) is 0 Å². The van der Waals surface area contributed by atoms with Gasteiger partial charge in [-0.2, -0.15) is 0 Å². The largest absolute Gasteiger partial charge is 0.303 e. The monoisotopic (exact) mass is 207 g/mol. The number of nitrogens with zero attached hydrogens (tertiary/aromatic N) is 1. The molecular weight excluding hydrogens is 190 g/mol. The van der Waals surface area contributed by atoms with E-state index in [0.29, 0.717) is 6.04 Å². The number of hydrogen-bond donors (Lipinski definition) is 0. The van der Waals surface area contributed by atoms with Crippen LogP contribution in [0.4, 0.5) is 0 Å². The van der Waals surface area contributed by atoms with E-state index in [0.717, 1.165) is 17.8 Å². The molecule has 0 fully saturated rings. The molecule has 0 rings (SSSR count). The summed E-state index contributed by atoms with van der Waals surface area (Å²) in [5, 5.41) is 1.07. The van der Waals surface area contributed by atoms with Gasteiger partial charge in [-0.1, -0.05) is 29.8 Å². The summed E-state index contributed by atoms with van der Waals surface area (Å²) in [5.41, 5.74) is 0. The first kappa shape index (κ1) is 10.4. The molecule has 1 unspecified atom stereocenters. The predicted octanol–water partition coefficient (Wildman–Crippen LogP) is 2.36. The summed E-state index contributed by atoms with van der Waals surface area (Å²) in [6, 6.07) is 0.692. The molecule has 0 N–H and O–H groups in total. The van der Waals surface area contributed by atoms with E-state index >= 15 is 0 Å². The summed E-state index contributed by atoms with van der Waals surface area (Å²) >= 11 is 3.43. The quantitative estimate of drug-likeness (QED) is 0.641. The Labute approximate surface area is 72.9 Å². The van der Waals surface area contributed by atoms with E-state index in [-0.39, 0.29) is 0 Å². The van der Waals surface area contributed by atoms with E-state index in [4.69, 9.17) is 0 Å². The highest BCUT2D eigenvalue weighted by atomic mass is 79.9. The fourth-order valence-electron chi connectivity index (χ4n) is 0.846. The Kier molecular flexibility index (Phi) is 5.36. The highest BCUT2D eigenvalue weighted by molar-refractivity contribution is 9.09. The zero-order valence-corrected chi connectivity index (χ0v) is 8.98. The van der Waals surface area contributed by atoms with Gasteiger partial charge in [0.25, 0.3) is 0 Å². The van der Waals surface area contributed by atoms with Crippen molar-refractivity contribution >= 4 is 15.9 Å². The maximum Gasteiger partial charge on any atom is 0.0159 e. The van der Waals surface area contributed by atoms with Crippen LogP contribution in [0.25, 0.3) is 0 Å². The zero-order chi connectivity index (χ0) is 8.15. The van der Waals surface area contributed by atoms with Crippen LogP contribution in [0.5, 0.6) is 0 Å². The minimum Gasteiger partial charge on any atom is -0.303 e. The van der Waals surface area contributed by atoms with Crippen molar-refractivity contribution < 1.29 is 0 Å². The van der Waals surface area contributed by atoms with Crippen LogP contribution in [0.15, 0.2) is 0 Å². The van der Waals surface area contributed by atoms with Gasteiger partial charge in [-0.25, -0.2) is 0 Å². The van der Waals surface area contributed by atoms with Crippen LogP contribution in [0.2, 0.25) is 0 Å². The van der Waals surface area contributed by atoms with Crippen molar-refractivity contribution in [3.63, 3.8) is 0 Å². The van der Waals surface area contributed by atoms with Gasteiger partial charge in [0.1, 0.15) is 0 Å². The second kappa shape index (κ2) is 5.14. The Bertz CT molecular complexity index is 83.3. The maximum atomic E-state index is 3.43. The maximum absolute atomic E-state index is 3.43. The smallest absolute Gasteiger partial charge is 0.0159 e. The molecule has 0 aromatic carbocycles. The summed E-state index contributed by atoms with van der Waals surface area (Å²) < 4.78 is 0. The molecule has 0 radical (unpaired) electrons. The molecule has 0 aromatic rings. The van der Waals surface area contributed by atoms with Crippen molar-refractivity contribution in [3.8, 4) is 0 Å². The molecule has 0 aliphatic heterocycles. The summed E-state index contributed by atoms with van der Waals surface area (Å²) in [6.07, 6.45) is 0. The lowest BCUT2D eigenvalue weighted by Gasteiger charge is -2.26. The Morgan fingerprint density at radius 2 is 1.80 bits per heavy atom. The molecule has 1 nitrogen and oxygen atoms in total. The second-order valence-electron chi connectivity index (χ2n) is 3.15. The van der Waals surface area contributed by atoms with Crippen LogP contribution in [0, 0.1) is 5.92 Å². The van der Waals surface area contributed by atoms with Gasteiger partial charge in [0.05, 0.1) is 0 Å². The molecule has 62 valence electrons. The lowest BCUT2D eigenvalue weighted by molar-refractivity contribution is 0.220. The highest BCUT2D eigenvalue weighted by Crippen LogP contribution is 2.07. The summed E-state index contributed by atoms with van der Waals surface area (Å²) in [6.45, 7) is 7.93. The van der Waals surface area contributed by atoms with Crippen molar-refractivity contribution in [2.45, 2.75) is 26.8 Å². The molecule has 0 saturated carbocycles. The first-order valence-corrected chi connectivity index (χ1v) is 4.98. The molecule has 0 aliphatic rings. The Morgan fingerprint density at radius 3 is 2.10 bits per heavy atom. The van der Waals surface area contributed by atoms with Gasteiger partial charge in [-0.05, 0) is 19.9 Å². The Hall–Kier alpha value is 0.440. The van der Waals surface area contributed by atoms with Gasteiger partial charge in [0, 0.05) is 17.9 Å². The number of rotatable bonds is 4. The third kappa shape index (κ3) is 3.57. The Morgan fingerprint density at radius 1 is 1.30 bits per heavy atom. The van der Waals surface area contributed by atoms with Gasteiger partial charge in [0.2, 0.25) is 0 Å².